The summed E-state index contributed by atoms with van der Waals surface area (Å²) in [4.78, 5) is 12.7. The summed E-state index contributed by atoms with van der Waals surface area (Å²) < 4.78 is 0. The van der Waals surface area contributed by atoms with Crippen molar-refractivity contribution in [3.05, 3.63) is 34.9 Å². The fourth-order valence-electron chi connectivity index (χ4n) is 1.92. The van der Waals surface area contributed by atoms with E-state index in [0.717, 1.165) is 11.8 Å². The van der Waals surface area contributed by atoms with Crippen molar-refractivity contribution in [2.24, 2.45) is 0 Å². The second kappa shape index (κ2) is 7.56. The van der Waals surface area contributed by atoms with E-state index in [9.17, 15) is 4.79 Å². The molecule has 1 rings (SSSR count). The van der Waals surface area contributed by atoms with Crippen LogP contribution in [0, 0.1) is 11.3 Å². The summed E-state index contributed by atoms with van der Waals surface area (Å²) >= 11 is 6.16. The molecule has 1 aromatic carbocycles. The molecule has 0 aliphatic rings. The number of carbonyl (C=O) groups is 1. The normalized spacial score (nSPS) is 10.8. The zero-order valence-electron chi connectivity index (χ0n) is 11.5. The molecule has 0 aliphatic heterocycles. The first kappa shape index (κ1) is 16.1. The molecule has 0 amide bonds. The first-order valence-corrected chi connectivity index (χ1v) is 6.68. The van der Waals surface area contributed by atoms with Crippen LogP contribution in [-0.4, -0.2) is 23.7 Å². The van der Waals surface area contributed by atoms with Gasteiger partial charge in [0.15, 0.2) is 0 Å². The monoisotopic (exact) mass is 292 g/mol. The lowest BCUT2D eigenvalue weighted by atomic mass is 10.1. The summed E-state index contributed by atoms with van der Waals surface area (Å²) in [6, 6.07) is 7.71. The van der Waals surface area contributed by atoms with Gasteiger partial charge < -0.3 is 10.0 Å². The molecule has 0 atom stereocenters. The molecule has 1 N–H and O–H groups in total. The number of nitriles is 1. The minimum absolute atomic E-state index is 0.179. The minimum atomic E-state index is -1.02. The number of halogens is 1. The summed E-state index contributed by atoms with van der Waals surface area (Å²) in [6.45, 7) is 4.61. The molecule has 0 fully saturated rings. The third-order valence-corrected chi connectivity index (χ3v) is 3.15. The number of carboxylic acid groups (broad SMARTS) is 1. The largest absolute Gasteiger partial charge is 0.478 e. The topological polar surface area (TPSA) is 64.3 Å². The Morgan fingerprint density at radius 1 is 1.55 bits per heavy atom. The smallest absolute Gasteiger partial charge is 0.328 e. The van der Waals surface area contributed by atoms with Gasteiger partial charge in [0.2, 0.25) is 0 Å². The third kappa shape index (κ3) is 4.29. The van der Waals surface area contributed by atoms with E-state index in [1.165, 1.54) is 6.08 Å². The standard InChI is InChI=1S/C15H17ClN2O2/c1-11(2)18(10-4-9-17)14-6-3-5-13(16)12(14)7-8-15(19)20/h3,5-8,11H,4,10H2,1-2H3,(H,19,20). The highest BCUT2D eigenvalue weighted by Crippen LogP contribution is 2.30. The Kier molecular flexibility index (Phi) is 6.08. The lowest BCUT2D eigenvalue weighted by Gasteiger charge is -2.30. The number of hydrogen-bond acceptors (Lipinski definition) is 3. The van der Waals surface area contributed by atoms with E-state index in [1.807, 2.05) is 30.9 Å². The molecule has 0 unspecified atom stereocenters. The van der Waals surface area contributed by atoms with Gasteiger partial charge in [-0.1, -0.05) is 17.7 Å². The lowest BCUT2D eigenvalue weighted by molar-refractivity contribution is -0.131. The van der Waals surface area contributed by atoms with Gasteiger partial charge in [0, 0.05) is 34.9 Å². The first-order valence-electron chi connectivity index (χ1n) is 6.30. The highest BCUT2D eigenvalue weighted by Gasteiger charge is 2.15. The lowest BCUT2D eigenvalue weighted by Crippen LogP contribution is -2.32. The van der Waals surface area contributed by atoms with Gasteiger partial charge in [0.1, 0.15) is 0 Å². The molecule has 0 bridgehead atoms. The van der Waals surface area contributed by atoms with Gasteiger partial charge in [-0.3, -0.25) is 0 Å². The van der Waals surface area contributed by atoms with Gasteiger partial charge in [0.25, 0.3) is 0 Å². The number of hydrogen-bond donors (Lipinski definition) is 1. The Morgan fingerprint density at radius 2 is 2.25 bits per heavy atom. The van der Waals surface area contributed by atoms with Crippen LogP contribution in [0.1, 0.15) is 25.8 Å². The van der Waals surface area contributed by atoms with Crippen LogP contribution in [0.2, 0.25) is 5.02 Å². The van der Waals surface area contributed by atoms with Crippen LogP contribution in [0.15, 0.2) is 24.3 Å². The van der Waals surface area contributed by atoms with E-state index in [1.54, 1.807) is 6.07 Å². The molecule has 0 radical (unpaired) electrons. The summed E-state index contributed by atoms with van der Waals surface area (Å²) in [5.74, 6) is -1.02. The molecule has 20 heavy (non-hydrogen) atoms. The fraction of sp³-hybridized carbons (Fsp3) is 0.333. The van der Waals surface area contributed by atoms with Gasteiger partial charge >= 0.3 is 5.97 Å². The molecule has 0 saturated carbocycles. The third-order valence-electron chi connectivity index (χ3n) is 2.82. The highest BCUT2D eigenvalue weighted by atomic mass is 35.5. The van der Waals surface area contributed by atoms with Crippen LogP contribution in [-0.2, 0) is 4.79 Å². The first-order chi connectivity index (χ1) is 9.47. The number of nitrogens with zero attached hydrogens (tertiary/aromatic N) is 2. The Hall–Kier alpha value is -1.99. The SMILES string of the molecule is CC(C)N(CCC#N)c1cccc(Cl)c1C=CC(=O)O. The molecule has 0 saturated heterocycles. The fourth-order valence-corrected chi connectivity index (χ4v) is 2.16. The Morgan fingerprint density at radius 3 is 2.80 bits per heavy atom. The average molecular weight is 293 g/mol. The summed E-state index contributed by atoms with van der Waals surface area (Å²) in [7, 11) is 0. The number of rotatable bonds is 6. The molecular formula is C15H17ClN2O2. The molecule has 106 valence electrons. The van der Waals surface area contributed by atoms with Gasteiger partial charge in [-0.25, -0.2) is 4.79 Å². The summed E-state index contributed by atoms with van der Waals surface area (Å²) in [6.07, 6.45) is 2.95. The van der Waals surface area contributed by atoms with Crippen LogP contribution in [0.4, 0.5) is 5.69 Å². The maximum atomic E-state index is 10.7. The van der Waals surface area contributed by atoms with E-state index in [4.69, 9.17) is 22.0 Å². The Labute approximate surface area is 123 Å². The predicted octanol–water partition coefficient (Wildman–Crippen LogP) is 3.57. The van der Waals surface area contributed by atoms with E-state index < -0.39 is 5.97 Å². The van der Waals surface area contributed by atoms with Crippen LogP contribution < -0.4 is 4.90 Å². The maximum Gasteiger partial charge on any atom is 0.328 e. The minimum Gasteiger partial charge on any atom is -0.478 e. The van der Waals surface area contributed by atoms with Crippen molar-refractivity contribution in [1.29, 1.82) is 5.26 Å². The molecule has 1 aromatic rings. The molecule has 0 heterocycles. The number of aliphatic carboxylic acids is 1. The van der Waals surface area contributed by atoms with Crippen molar-refractivity contribution in [2.75, 3.05) is 11.4 Å². The van der Waals surface area contributed by atoms with E-state index >= 15 is 0 Å². The Bertz CT molecular complexity index is 547. The highest BCUT2D eigenvalue weighted by molar-refractivity contribution is 6.32. The van der Waals surface area contributed by atoms with Crippen molar-refractivity contribution >= 4 is 29.3 Å². The van der Waals surface area contributed by atoms with E-state index in [2.05, 4.69) is 6.07 Å². The van der Waals surface area contributed by atoms with Crippen LogP contribution in [0.3, 0.4) is 0 Å². The molecule has 5 heteroatoms. The second-order valence-corrected chi connectivity index (χ2v) is 4.95. The number of anilines is 1. The molecule has 0 spiro atoms. The number of benzene rings is 1. The Balaban J connectivity index is 3.24. The van der Waals surface area contributed by atoms with Gasteiger partial charge in [-0.2, -0.15) is 5.26 Å². The average Bonchev–Trinajstić information content (AvgIpc) is 2.37. The van der Waals surface area contributed by atoms with E-state index in [-0.39, 0.29) is 6.04 Å². The van der Waals surface area contributed by atoms with Crippen molar-refractivity contribution in [3.8, 4) is 6.07 Å². The molecule has 0 aromatic heterocycles. The van der Waals surface area contributed by atoms with Gasteiger partial charge in [0.05, 0.1) is 12.5 Å². The van der Waals surface area contributed by atoms with Crippen LogP contribution in [0.5, 0.6) is 0 Å². The van der Waals surface area contributed by atoms with Crippen LogP contribution in [0.25, 0.3) is 6.08 Å². The molecular weight excluding hydrogens is 276 g/mol. The van der Waals surface area contributed by atoms with Crippen molar-refractivity contribution in [1.82, 2.24) is 0 Å². The number of carboxylic acids is 1. The zero-order valence-corrected chi connectivity index (χ0v) is 12.3. The molecule has 4 nitrogen and oxygen atoms in total. The summed E-state index contributed by atoms with van der Waals surface area (Å²) in [5, 5.41) is 18.0. The van der Waals surface area contributed by atoms with Gasteiger partial charge in [-0.05, 0) is 32.1 Å². The van der Waals surface area contributed by atoms with E-state index in [0.29, 0.717) is 23.6 Å². The predicted molar refractivity (Wildman–Crippen MR) is 80.8 cm³/mol. The quantitative estimate of drug-likeness (QED) is 0.814. The second-order valence-electron chi connectivity index (χ2n) is 4.54. The maximum absolute atomic E-state index is 10.7. The van der Waals surface area contributed by atoms with Crippen molar-refractivity contribution in [3.63, 3.8) is 0 Å². The van der Waals surface area contributed by atoms with Gasteiger partial charge in [-0.15, -0.1) is 0 Å². The van der Waals surface area contributed by atoms with Crippen LogP contribution >= 0.6 is 11.6 Å². The van der Waals surface area contributed by atoms with Crippen molar-refractivity contribution < 1.29 is 9.90 Å². The zero-order chi connectivity index (χ0) is 15.1. The van der Waals surface area contributed by atoms with Crippen molar-refractivity contribution in [2.45, 2.75) is 26.3 Å². The summed E-state index contributed by atoms with van der Waals surface area (Å²) in [5.41, 5.74) is 1.49. The molecule has 0 aliphatic carbocycles.